The lowest BCUT2D eigenvalue weighted by Gasteiger charge is -2.12. The number of H-pyrrole nitrogens is 1. The maximum absolute atomic E-state index is 12.6. The highest BCUT2D eigenvalue weighted by Crippen LogP contribution is 2.39. The van der Waals surface area contributed by atoms with Crippen molar-refractivity contribution >= 4 is 22.7 Å². The molecule has 1 aliphatic rings. The van der Waals surface area contributed by atoms with Crippen LogP contribution in [0.15, 0.2) is 24.3 Å². The van der Waals surface area contributed by atoms with E-state index in [1.807, 2.05) is 38.1 Å². The lowest BCUT2D eigenvalue weighted by Crippen LogP contribution is -2.25. The number of hydrogen-bond acceptors (Lipinski definition) is 3. The van der Waals surface area contributed by atoms with Crippen LogP contribution >= 0.6 is 0 Å². The van der Waals surface area contributed by atoms with Crippen LogP contribution < -0.4 is 0 Å². The molecule has 0 spiro atoms. The van der Waals surface area contributed by atoms with E-state index in [-0.39, 0.29) is 17.7 Å². The van der Waals surface area contributed by atoms with Crippen molar-refractivity contribution in [3.05, 3.63) is 35.5 Å². The van der Waals surface area contributed by atoms with Crippen LogP contribution in [0.1, 0.15) is 36.3 Å². The molecule has 1 aromatic carbocycles. The van der Waals surface area contributed by atoms with E-state index in [9.17, 15) is 9.59 Å². The highest BCUT2D eigenvalue weighted by atomic mass is 16.5. The van der Waals surface area contributed by atoms with Gasteiger partial charge in [0, 0.05) is 22.2 Å². The maximum Gasteiger partial charge on any atom is 0.309 e. The molecule has 0 aliphatic heterocycles. The number of benzene rings is 1. The largest absolute Gasteiger partial charge is 0.454 e. The smallest absolute Gasteiger partial charge is 0.309 e. The fraction of sp³-hybridized carbons (Fsp3) is 0.412. The van der Waals surface area contributed by atoms with Crippen LogP contribution in [0, 0.1) is 18.8 Å². The monoisotopic (exact) mass is 285 g/mol. The third kappa shape index (κ3) is 2.46. The van der Waals surface area contributed by atoms with Crippen molar-refractivity contribution in [1.82, 2.24) is 4.98 Å². The van der Waals surface area contributed by atoms with Gasteiger partial charge in [0.2, 0.25) is 5.78 Å². The molecule has 2 aromatic rings. The van der Waals surface area contributed by atoms with Gasteiger partial charge in [-0.1, -0.05) is 25.1 Å². The molecule has 1 aromatic heterocycles. The number of nitrogens with one attached hydrogen (secondary N) is 1. The first kappa shape index (κ1) is 13.9. The van der Waals surface area contributed by atoms with Gasteiger partial charge in [0.25, 0.3) is 0 Å². The first-order valence-corrected chi connectivity index (χ1v) is 7.31. The summed E-state index contributed by atoms with van der Waals surface area (Å²) in [6.45, 7) is 5.53. The zero-order valence-electron chi connectivity index (χ0n) is 12.5. The van der Waals surface area contributed by atoms with Gasteiger partial charge in [-0.2, -0.15) is 0 Å². The molecule has 4 heteroatoms. The van der Waals surface area contributed by atoms with Gasteiger partial charge in [-0.15, -0.1) is 0 Å². The molecular formula is C17H19NO3. The molecule has 3 atom stereocenters. The second-order valence-electron chi connectivity index (χ2n) is 5.93. The first-order valence-electron chi connectivity index (χ1n) is 7.31. The zero-order valence-corrected chi connectivity index (χ0v) is 12.5. The van der Waals surface area contributed by atoms with Gasteiger partial charge in [0.15, 0.2) is 6.10 Å². The van der Waals surface area contributed by atoms with Gasteiger partial charge >= 0.3 is 5.97 Å². The minimum Gasteiger partial charge on any atom is -0.454 e. The number of ether oxygens (including phenoxy) is 1. The normalized spacial score (nSPS) is 22.0. The molecule has 110 valence electrons. The van der Waals surface area contributed by atoms with Crippen LogP contribution in [0.2, 0.25) is 0 Å². The van der Waals surface area contributed by atoms with E-state index in [0.717, 1.165) is 23.0 Å². The van der Waals surface area contributed by atoms with Crippen molar-refractivity contribution in [2.24, 2.45) is 11.8 Å². The number of fused-ring (bicyclic) bond motifs is 1. The Kier molecular flexibility index (Phi) is 3.32. The highest BCUT2D eigenvalue weighted by Gasteiger charge is 2.41. The average molecular weight is 285 g/mol. The lowest BCUT2D eigenvalue weighted by molar-refractivity contribution is -0.148. The molecule has 0 unspecified atom stereocenters. The number of carbonyl (C=O) groups excluding carboxylic acids is 2. The number of aryl methyl sites for hydroxylation is 1. The number of ketones is 1. The summed E-state index contributed by atoms with van der Waals surface area (Å²) in [5.41, 5.74) is 2.35. The number of aromatic amines is 1. The minimum absolute atomic E-state index is 0.0238. The van der Waals surface area contributed by atoms with E-state index in [0.29, 0.717) is 11.5 Å². The fourth-order valence-electron chi connectivity index (χ4n) is 2.76. The molecule has 3 rings (SSSR count). The van der Waals surface area contributed by atoms with Gasteiger partial charge < -0.3 is 9.72 Å². The van der Waals surface area contributed by atoms with Crippen LogP contribution in [-0.4, -0.2) is 22.8 Å². The van der Waals surface area contributed by atoms with Crippen molar-refractivity contribution in [1.29, 1.82) is 0 Å². The molecular weight excluding hydrogens is 266 g/mol. The summed E-state index contributed by atoms with van der Waals surface area (Å²) >= 11 is 0. The van der Waals surface area contributed by atoms with Crippen LogP contribution in [0.5, 0.6) is 0 Å². The summed E-state index contributed by atoms with van der Waals surface area (Å²) in [4.78, 5) is 27.7. The van der Waals surface area contributed by atoms with E-state index in [1.165, 1.54) is 0 Å². The van der Waals surface area contributed by atoms with Gasteiger partial charge in [-0.05, 0) is 32.3 Å². The van der Waals surface area contributed by atoms with Crippen molar-refractivity contribution in [3.63, 3.8) is 0 Å². The van der Waals surface area contributed by atoms with Gasteiger partial charge in [-0.25, -0.2) is 0 Å². The molecule has 1 N–H and O–H groups in total. The molecule has 0 saturated heterocycles. The molecule has 4 nitrogen and oxygen atoms in total. The second-order valence-corrected chi connectivity index (χ2v) is 5.93. The highest BCUT2D eigenvalue weighted by molar-refractivity contribution is 6.11. The zero-order chi connectivity index (χ0) is 15.1. The summed E-state index contributed by atoms with van der Waals surface area (Å²) in [6.07, 6.45) is 0.120. The van der Waals surface area contributed by atoms with Crippen molar-refractivity contribution in [2.45, 2.75) is 33.3 Å². The fourth-order valence-corrected chi connectivity index (χ4v) is 2.76. The van der Waals surface area contributed by atoms with Crippen molar-refractivity contribution < 1.29 is 14.3 Å². The van der Waals surface area contributed by atoms with E-state index < -0.39 is 6.10 Å². The SMILES string of the molecule is Cc1[nH]c2ccccc2c1C(=O)[C@H](C)OC(=O)[C@@H]1C[C@@H]1C. The number of aromatic nitrogens is 1. The number of carbonyl (C=O) groups is 2. The summed E-state index contributed by atoms with van der Waals surface area (Å²) in [7, 11) is 0. The third-order valence-electron chi connectivity index (χ3n) is 4.21. The Hall–Kier alpha value is -2.10. The predicted molar refractivity (Wildman–Crippen MR) is 80.2 cm³/mol. The first-order chi connectivity index (χ1) is 9.99. The lowest BCUT2D eigenvalue weighted by atomic mass is 10.0. The van der Waals surface area contributed by atoms with Crippen molar-refractivity contribution in [2.75, 3.05) is 0 Å². The number of hydrogen-bond donors (Lipinski definition) is 1. The molecule has 0 amide bonds. The Morgan fingerprint density at radius 1 is 1.33 bits per heavy atom. The summed E-state index contributed by atoms with van der Waals surface area (Å²) < 4.78 is 5.33. The molecule has 1 aliphatic carbocycles. The molecule has 1 heterocycles. The molecule has 1 saturated carbocycles. The number of Topliss-reactive ketones (excluding diaryl/α,β-unsaturated/α-hetero) is 1. The van der Waals surface area contributed by atoms with Crippen molar-refractivity contribution in [3.8, 4) is 0 Å². The van der Waals surface area contributed by atoms with Crippen LogP contribution in [-0.2, 0) is 9.53 Å². The minimum atomic E-state index is -0.747. The predicted octanol–water partition coefficient (Wildman–Crippen LogP) is 3.25. The number of esters is 1. The Morgan fingerprint density at radius 2 is 2.00 bits per heavy atom. The van der Waals surface area contributed by atoms with Gasteiger partial charge in [0.1, 0.15) is 0 Å². The molecule has 1 fully saturated rings. The Bertz CT molecular complexity index is 716. The van der Waals surface area contributed by atoms with E-state index >= 15 is 0 Å². The number of rotatable bonds is 4. The summed E-state index contributed by atoms with van der Waals surface area (Å²) in [6, 6.07) is 7.66. The topological polar surface area (TPSA) is 59.2 Å². The van der Waals surface area contributed by atoms with Crippen LogP contribution in [0.4, 0.5) is 0 Å². The number of para-hydroxylation sites is 1. The van der Waals surface area contributed by atoms with Crippen LogP contribution in [0.3, 0.4) is 0 Å². The maximum atomic E-state index is 12.6. The summed E-state index contributed by atoms with van der Waals surface area (Å²) in [5.74, 6) is -0.0357. The molecule has 0 radical (unpaired) electrons. The molecule has 0 bridgehead atoms. The Labute approximate surface area is 123 Å². The average Bonchev–Trinajstić information content (AvgIpc) is 3.08. The second kappa shape index (κ2) is 5.02. The van der Waals surface area contributed by atoms with E-state index in [2.05, 4.69) is 4.98 Å². The summed E-state index contributed by atoms with van der Waals surface area (Å²) in [5, 5.41) is 0.877. The Balaban J connectivity index is 1.83. The standard InChI is InChI=1S/C17H19NO3/c1-9-8-13(9)17(20)21-11(3)16(19)15-10(2)18-14-7-5-4-6-12(14)15/h4-7,9,11,13,18H,8H2,1-3H3/t9-,11-,13+/m0/s1. The van der Waals surface area contributed by atoms with E-state index in [4.69, 9.17) is 4.74 Å². The van der Waals surface area contributed by atoms with Gasteiger partial charge in [0.05, 0.1) is 5.92 Å². The molecule has 21 heavy (non-hydrogen) atoms. The Morgan fingerprint density at radius 3 is 2.67 bits per heavy atom. The quantitative estimate of drug-likeness (QED) is 0.693. The van der Waals surface area contributed by atoms with Gasteiger partial charge in [-0.3, -0.25) is 9.59 Å². The van der Waals surface area contributed by atoms with Crippen LogP contribution in [0.25, 0.3) is 10.9 Å². The third-order valence-corrected chi connectivity index (χ3v) is 4.21. The van der Waals surface area contributed by atoms with E-state index in [1.54, 1.807) is 6.92 Å².